The molecule has 0 saturated heterocycles. The van der Waals surface area contributed by atoms with Gasteiger partial charge in [0.25, 0.3) is 0 Å². The van der Waals surface area contributed by atoms with Crippen molar-refractivity contribution in [3.05, 3.63) is 64.3 Å². The van der Waals surface area contributed by atoms with Gasteiger partial charge in [-0.1, -0.05) is 93.9 Å². The molecule has 0 aliphatic heterocycles. The third-order valence-corrected chi connectivity index (χ3v) is 28.8. The van der Waals surface area contributed by atoms with Gasteiger partial charge in [0.15, 0.2) is 0 Å². The molecule has 2 unspecified atom stereocenters. The maximum atomic E-state index is 2.70. The Hall–Kier alpha value is -0.909. The van der Waals surface area contributed by atoms with Gasteiger partial charge in [-0.2, -0.15) is 0 Å². The third-order valence-electron chi connectivity index (χ3n) is 8.02. The SMILES string of the molecule is C[Si](C)(C)CC1=CC([Si](C)(C)[Si](C)(C)C2C=Cc3cc4c(cc32)CCC4)C=C1. The first kappa shape index (κ1) is 20.4. The zero-order valence-corrected chi connectivity index (χ0v) is 22.0. The van der Waals surface area contributed by atoms with Crippen molar-refractivity contribution in [1.82, 2.24) is 0 Å². The van der Waals surface area contributed by atoms with Crippen molar-refractivity contribution in [3.8, 4) is 0 Å². The number of hydrogen-bond acceptors (Lipinski definition) is 0. The molecule has 0 bridgehead atoms. The number of aryl methyl sites for hydroxylation is 2. The van der Waals surface area contributed by atoms with Gasteiger partial charge in [0.05, 0.1) is 15.2 Å². The van der Waals surface area contributed by atoms with E-state index in [1.807, 2.05) is 0 Å². The second-order valence-corrected chi connectivity index (χ2v) is 33.1. The normalized spacial score (nSPS) is 23.9. The van der Waals surface area contributed by atoms with Crippen LogP contribution in [0.3, 0.4) is 0 Å². The van der Waals surface area contributed by atoms with Gasteiger partial charge in [-0.15, -0.1) is 0 Å². The van der Waals surface area contributed by atoms with Crippen LogP contribution in [-0.2, 0) is 12.8 Å². The quantitative estimate of drug-likeness (QED) is 0.430. The molecule has 0 radical (unpaired) electrons. The Morgan fingerprint density at radius 1 is 0.821 bits per heavy atom. The highest BCUT2D eigenvalue weighted by atomic mass is 29.3. The molecular formula is C25H38Si3. The highest BCUT2D eigenvalue weighted by Gasteiger charge is 2.51. The molecule has 0 fully saturated rings. The van der Waals surface area contributed by atoms with Gasteiger partial charge < -0.3 is 0 Å². The van der Waals surface area contributed by atoms with E-state index in [0.717, 1.165) is 5.54 Å². The Kier molecular flexibility index (Phi) is 4.96. The van der Waals surface area contributed by atoms with E-state index in [1.165, 1.54) is 30.9 Å². The van der Waals surface area contributed by atoms with Crippen molar-refractivity contribution < 1.29 is 0 Å². The number of allylic oxidation sites excluding steroid dienone is 5. The van der Waals surface area contributed by atoms with Crippen molar-refractivity contribution in [1.29, 1.82) is 0 Å². The van der Waals surface area contributed by atoms with Crippen LogP contribution < -0.4 is 0 Å². The first-order chi connectivity index (χ1) is 13.0. The highest BCUT2D eigenvalue weighted by Crippen LogP contribution is 2.48. The molecule has 3 aliphatic rings. The molecule has 4 rings (SSSR count). The van der Waals surface area contributed by atoms with Gasteiger partial charge >= 0.3 is 0 Å². The van der Waals surface area contributed by atoms with Crippen molar-refractivity contribution in [2.75, 3.05) is 0 Å². The number of rotatable bonds is 5. The summed E-state index contributed by atoms with van der Waals surface area (Å²) < 4.78 is 0. The Morgan fingerprint density at radius 2 is 1.50 bits per heavy atom. The van der Waals surface area contributed by atoms with Gasteiger partial charge in [-0.05, 0) is 58.6 Å². The number of hydrogen-bond donors (Lipinski definition) is 0. The topological polar surface area (TPSA) is 0 Å². The van der Waals surface area contributed by atoms with Crippen LogP contribution in [0.15, 0.2) is 42.0 Å². The minimum Gasteiger partial charge on any atom is -0.0804 e. The summed E-state index contributed by atoms with van der Waals surface area (Å²) >= 11 is 0. The van der Waals surface area contributed by atoms with Gasteiger partial charge in [0.1, 0.15) is 0 Å². The minimum absolute atomic E-state index is 0.706. The number of benzene rings is 1. The average Bonchev–Trinajstić information content (AvgIpc) is 3.29. The van der Waals surface area contributed by atoms with Crippen LogP contribution in [0.2, 0.25) is 57.4 Å². The van der Waals surface area contributed by atoms with E-state index in [1.54, 1.807) is 22.3 Å². The smallest absolute Gasteiger partial charge is 0.0548 e. The van der Waals surface area contributed by atoms with Crippen LogP contribution in [0.5, 0.6) is 0 Å². The van der Waals surface area contributed by atoms with E-state index in [-0.39, 0.29) is 0 Å². The minimum atomic E-state index is -1.47. The highest BCUT2D eigenvalue weighted by molar-refractivity contribution is 7.42. The molecule has 1 aromatic rings. The van der Waals surface area contributed by atoms with Gasteiger partial charge in [0, 0.05) is 8.07 Å². The average molecular weight is 423 g/mol. The Morgan fingerprint density at radius 3 is 2.18 bits per heavy atom. The van der Waals surface area contributed by atoms with E-state index < -0.39 is 23.3 Å². The van der Waals surface area contributed by atoms with Crippen molar-refractivity contribution >= 4 is 29.3 Å². The summed E-state index contributed by atoms with van der Waals surface area (Å²) in [6.07, 6.45) is 16.7. The molecule has 0 amide bonds. The van der Waals surface area contributed by atoms with Crippen molar-refractivity contribution in [2.24, 2.45) is 0 Å². The largest absolute Gasteiger partial charge is 0.0804 e. The molecule has 28 heavy (non-hydrogen) atoms. The summed E-state index contributed by atoms with van der Waals surface area (Å²) in [6, 6.07) is 6.47. The third kappa shape index (κ3) is 3.44. The van der Waals surface area contributed by atoms with E-state index in [9.17, 15) is 0 Å². The molecule has 3 heteroatoms. The number of fused-ring (bicyclic) bond motifs is 2. The molecule has 0 heterocycles. The lowest BCUT2D eigenvalue weighted by Crippen LogP contribution is -2.60. The predicted octanol–water partition coefficient (Wildman–Crippen LogP) is 7.52. The maximum absolute atomic E-state index is 2.70. The van der Waals surface area contributed by atoms with Crippen molar-refractivity contribution in [2.45, 2.75) is 82.2 Å². The second-order valence-electron chi connectivity index (χ2n) is 11.7. The molecule has 0 saturated carbocycles. The van der Waals surface area contributed by atoms with E-state index in [4.69, 9.17) is 0 Å². The Labute approximate surface area is 175 Å². The summed E-state index contributed by atoms with van der Waals surface area (Å²) in [4.78, 5) is 0. The maximum Gasteiger partial charge on any atom is 0.0548 e. The summed E-state index contributed by atoms with van der Waals surface area (Å²) in [5.74, 6) is 0. The van der Waals surface area contributed by atoms with Gasteiger partial charge in [-0.3, -0.25) is 0 Å². The summed E-state index contributed by atoms with van der Waals surface area (Å²) in [6.45, 7) is 18.3. The van der Waals surface area contributed by atoms with Gasteiger partial charge in [-0.25, -0.2) is 0 Å². The fourth-order valence-electron chi connectivity index (χ4n) is 5.59. The molecule has 0 nitrogen and oxygen atoms in total. The fraction of sp³-hybridized carbons (Fsp3) is 0.520. The zero-order valence-electron chi connectivity index (χ0n) is 19.0. The molecule has 0 spiro atoms. The summed E-state index contributed by atoms with van der Waals surface area (Å²) in [7, 11) is -3.95. The Balaban J connectivity index is 1.63. The molecule has 150 valence electrons. The lowest BCUT2D eigenvalue weighted by Gasteiger charge is -2.45. The van der Waals surface area contributed by atoms with E-state index >= 15 is 0 Å². The lowest BCUT2D eigenvalue weighted by molar-refractivity contribution is 0.911. The van der Waals surface area contributed by atoms with Crippen LogP contribution >= 0.6 is 0 Å². The molecule has 0 N–H and O–H groups in total. The molecule has 0 aromatic heterocycles. The first-order valence-corrected chi connectivity index (χ1v) is 22.1. The van der Waals surface area contributed by atoms with Crippen LogP contribution in [0.4, 0.5) is 0 Å². The van der Waals surface area contributed by atoms with Gasteiger partial charge in [0.2, 0.25) is 0 Å². The summed E-state index contributed by atoms with van der Waals surface area (Å²) in [5.41, 5.74) is 9.55. The zero-order chi connectivity index (χ0) is 20.3. The molecule has 2 atom stereocenters. The molecular weight excluding hydrogens is 385 g/mol. The monoisotopic (exact) mass is 422 g/mol. The standard InChI is InChI=1S/C25H38Si3/c1-26(2,3)18-19-11-13-23(15-19)27(4,5)28(6,7)25-14-12-22-16-20-9-8-10-21(20)17-24(22)25/h11-17,23,25H,8-10,18H2,1-7H3. The Bertz CT molecular complexity index is 878. The summed E-state index contributed by atoms with van der Waals surface area (Å²) in [5, 5.41) is 0. The van der Waals surface area contributed by atoms with E-state index in [2.05, 4.69) is 88.3 Å². The van der Waals surface area contributed by atoms with Crippen LogP contribution in [0.25, 0.3) is 6.08 Å². The molecule has 1 aromatic carbocycles. The lowest BCUT2D eigenvalue weighted by atomic mass is 10.0. The predicted molar refractivity (Wildman–Crippen MR) is 134 cm³/mol. The van der Waals surface area contributed by atoms with Crippen LogP contribution in [0.1, 0.15) is 34.2 Å². The fourth-order valence-corrected chi connectivity index (χ4v) is 17.8. The van der Waals surface area contributed by atoms with Crippen molar-refractivity contribution in [3.63, 3.8) is 0 Å². The van der Waals surface area contributed by atoms with Crippen LogP contribution in [-0.4, -0.2) is 23.3 Å². The second kappa shape index (κ2) is 6.82. The molecule has 3 aliphatic carbocycles. The van der Waals surface area contributed by atoms with Crippen LogP contribution in [0, 0.1) is 0 Å². The first-order valence-electron chi connectivity index (χ1n) is 11.2. The van der Waals surface area contributed by atoms with E-state index in [0.29, 0.717) is 5.54 Å².